The van der Waals surface area contributed by atoms with Crippen LogP contribution >= 0.6 is 0 Å². The van der Waals surface area contributed by atoms with Gasteiger partial charge in [-0.3, -0.25) is 14.9 Å². The van der Waals surface area contributed by atoms with E-state index >= 15 is 0 Å². The van der Waals surface area contributed by atoms with Crippen LogP contribution in [-0.2, 0) is 4.79 Å². The number of carbonyl (C=O) groups is 1. The zero-order chi connectivity index (χ0) is 16.8. The van der Waals surface area contributed by atoms with Crippen LogP contribution in [0.4, 0.5) is 11.4 Å². The Labute approximate surface area is 134 Å². The maximum absolute atomic E-state index is 12.3. The predicted molar refractivity (Wildman–Crippen MR) is 87.8 cm³/mol. The number of rotatable bonds is 6. The molecular weight excluding hydrogens is 296 g/mol. The maximum atomic E-state index is 12.3. The number of nitrogens with one attached hydrogen (secondary N) is 1. The summed E-state index contributed by atoms with van der Waals surface area (Å²) in [6.07, 6.45) is 0. The van der Waals surface area contributed by atoms with Crippen LogP contribution in [0.15, 0.2) is 48.5 Å². The molecule has 1 amide bonds. The molecule has 1 N–H and O–H groups in total. The Morgan fingerprint density at radius 3 is 2.30 bits per heavy atom. The summed E-state index contributed by atoms with van der Waals surface area (Å²) in [6, 6.07) is 13.1. The molecule has 2 aromatic rings. The van der Waals surface area contributed by atoms with Gasteiger partial charge in [-0.25, -0.2) is 0 Å². The van der Waals surface area contributed by atoms with Crippen molar-refractivity contribution < 1.29 is 14.5 Å². The van der Waals surface area contributed by atoms with Crippen molar-refractivity contribution in [3.63, 3.8) is 0 Å². The lowest BCUT2D eigenvalue weighted by atomic mass is 10.00. The molecule has 120 valence electrons. The normalized spacial score (nSPS) is 11.6. The fourth-order valence-electron chi connectivity index (χ4n) is 2.09. The molecule has 0 spiro atoms. The molecule has 0 aliphatic carbocycles. The van der Waals surface area contributed by atoms with Crippen LogP contribution in [0.3, 0.4) is 0 Å². The lowest BCUT2D eigenvalue weighted by Crippen LogP contribution is -2.18. The molecule has 0 bridgehead atoms. The molecule has 2 rings (SSSR count). The largest absolute Gasteiger partial charge is 0.494 e. The number of benzene rings is 2. The molecule has 6 heteroatoms. The van der Waals surface area contributed by atoms with Crippen molar-refractivity contribution in [1.82, 2.24) is 0 Å². The van der Waals surface area contributed by atoms with E-state index in [2.05, 4.69) is 5.32 Å². The van der Waals surface area contributed by atoms with Gasteiger partial charge in [0.05, 0.1) is 17.4 Å². The van der Waals surface area contributed by atoms with Gasteiger partial charge in [-0.05, 0) is 43.7 Å². The minimum Gasteiger partial charge on any atom is -0.494 e. The van der Waals surface area contributed by atoms with Crippen LogP contribution in [0, 0.1) is 10.1 Å². The van der Waals surface area contributed by atoms with Crippen molar-refractivity contribution in [2.24, 2.45) is 0 Å². The summed E-state index contributed by atoms with van der Waals surface area (Å²) in [7, 11) is 0. The van der Waals surface area contributed by atoms with Gasteiger partial charge in [0.25, 0.3) is 5.69 Å². The molecule has 0 unspecified atom stereocenters. The first-order chi connectivity index (χ1) is 11.0. The number of nitrogens with zero attached hydrogens (tertiary/aromatic N) is 1. The fourth-order valence-corrected chi connectivity index (χ4v) is 2.09. The van der Waals surface area contributed by atoms with E-state index in [1.54, 1.807) is 43.3 Å². The Balaban J connectivity index is 2.02. The molecule has 2 aromatic carbocycles. The summed E-state index contributed by atoms with van der Waals surface area (Å²) in [5, 5.41) is 13.5. The molecule has 0 fully saturated rings. The highest BCUT2D eigenvalue weighted by molar-refractivity contribution is 5.95. The predicted octanol–water partition coefficient (Wildman–Crippen LogP) is 3.74. The van der Waals surface area contributed by atoms with Gasteiger partial charge in [-0.2, -0.15) is 0 Å². The number of nitro groups is 1. The number of hydrogen-bond donors (Lipinski definition) is 1. The highest BCUT2D eigenvalue weighted by Gasteiger charge is 2.16. The smallest absolute Gasteiger partial charge is 0.269 e. The number of non-ortho nitro benzene ring substituents is 1. The van der Waals surface area contributed by atoms with E-state index in [1.165, 1.54) is 12.1 Å². The Morgan fingerprint density at radius 1 is 1.17 bits per heavy atom. The van der Waals surface area contributed by atoms with Gasteiger partial charge < -0.3 is 10.1 Å². The first-order valence-corrected chi connectivity index (χ1v) is 7.29. The van der Waals surface area contributed by atoms with E-state index in [0.29, 0.717) is 12.3 Å². The fraction of sp³-hybridized carbons (Fsp3) is 0.235. The molecule has 1 atom stereocenters. The highest BCUT2D eigenvalue weighted by Crippen LogP contribution is 2.22. The molecule has 0 aliphatic rings. The first kappa shape index (κ1) is 16.5. The minimum atomic E-state index is -0.464. The van der Waals surface area contributed by atoms with Crippen LogP contribution in [0.25, 0.3) is 0 Å². The average Bonchev–Trinajstić information content (AvgIpc) is 2.56. The van der Waals surface area contributed by atoms with Crippen molar-refractivity contribution >= 4 is 17.3 Å². The molecule has 0 radical (unpaired) electrons. The SMILES string of the molecule is CCOc1ccc(NC(=O)[C@@H](C)c2ccc([N+](=O)[O-])cc2)cc1. The Hall–Kier alpha value is -2.89. The van der Waals surface area contributed by atoms with Crippen molar-refractivity contribution in [3.05, 3.63) is 64.2 Å². The van der Waals surface area contributed by atoms with E-state index in [-0.39, 0.29) is 11.6 Å². The summed E-state index contributed by atoms with van der Waals surface area (Å²) in [5.74, 6) is 0.152. The third-order valence-corrected chi connectivity index (χ3v) is 3.43. The Bertz CT molecular complexity index is 681. The van der Waals surface area contributed by atoms with Crippen molar-refractivity contribution in [3.8, 4) is 5.75 Å². The van der Waals surface area contributed by atoms with Crippen LogP contribution in [0.2, 0.25) is 0 Å². The van der Waals surface area contributed by atoms with E-state index in [1.807, 2.05) is 6.92 Å². The van der Waals surface area contributed by atoms with Crippen LogP contribution in [0.1, 0.15) is 25.3 Å². The van der Waals surface area contributed by atoms with Gasteiger partial charge >= 0.3 is 0 Å². The first-order valence-electron chi connectivity index (χ1n) is 7.29. The standard InChI is InChI=1S/C17H18N2O4/c1-3-23-16-10-6-14(7-11-16)18-17(20)12(2)13-4-8-15(9-5-13)19(21)22/h4-12H,3H2,1-2H3,(H,18,20)/t12-/m0/s1. The highest BCUT2D eigenvalue weighted by atomic mass is 16.6. The van der Waals surface area contributed by atoms with Gasteiger partial charge in [-0.15, -0.1) is 0 Å². The third kappa shape index (κ3) is 4.29. The summed E-state index contributed by atoms with van der Waals surface area (Å²) < 4.78 is 5.35. The second-order valence-corrected chi connectivity index (χ2v) is 5.02. The number of amides is 1. The maximum Gasteiger partial charge on any atom is 0.269 e. The quantitative estimate of drug-likeness (QED) is 0.650. The molecular formula is C17H18N2O4. The second kappa shape index (κ2) is 7.40. The van der Waals surface area contributed by atoms with Gasteiger partial charge in [0.15, 0.2) is 0 Å². The van der Waals surface area contributed by atoms with Crippen LogP contribution < -0.4 is 10.1 Å². The number of anilines is 1. The monoisotopic (exact) mass is 314 g/mol. The molecule has 0 heterocycles. The van der Waals surface area contributed by atoms with Crippen molar-refractivity contribution in [2.45, 2.75) is 19.8 Å². The van der Waals surface area contributed by atoms with Gasteiger partial charge in [-0.1, -0.05) is 12.1 Å². The summed E-state index contributed by atoms with van der Waals surface area (Å²) in [4.78, 5) is 22.4. The van der Waals surface area contributed by atoms with E-state index < -0.39 is 10.8 Å². The Kier molecular flexibility index (Phi) is 5.30. The topological polar surface area (TPSA) is 81.5 Å². The van der Waals surface area contributed by atoms with Gasteiger partial charge in [0, 0.05) is 17.8 Å². The zero-order valence-corrected chi connectivity index (χ0v) is 13.0. The van der Waals surface area contributed by atoms with E-state index in [4.69, 9.17) is 4.74 Å². The van der Waals surface area contributed by atoms with Crippen molar-refractivity contribution in [2.75, 3.05) is 11.9 Å². The summed E-state index contributed by atoms with van der Waals surface area (Å²) in [5.41, 5.74) is 1.40. The zero-order valence-electron chi connectivity index (χ0n) is 13.0. The summed E-state index contributed by atoms with van der Waals surface area (Å²) >= 11 is 0. The molecule has 0 aliphatic heterocycles. The van der Waals surface area contributed by atoms with Gasteiger partial charge in [0.1, 0.15) is 5.75 Å². The van der Waals surface area contributed by atoms with E-state index in [9.17, 15) is 14.9 Å². The summed E-state index contributed by atoms with van der Waals surface area (Å²) in [6.45, 7) is 4.25. The molecule has 6 nitrogen and oxygen atoms in total. The van der Waals surface area contributed by atoms with Crippen molar-refractivity contribution in [1.29, 1.82) is 0 Å². The second-order valence-electron chi connectivity index (χ2n) is 5.02. The van der Waals surface area contributed by atoms with Gasteiger partial charge in [0.2, 0.25) is 5.91 Å². The average molecular weight is 314 g/mol. The molecule has 23 heavy (non-hydrogen) atoms. The number of ether oxygens (including phenoxy) is 1. The van der Waals surface area contributed by atoms with Crippen LogP contribution in [0.5, 0.6) is 5.75 Å². The minimum absolute atomic E-state index is 0.00729. The number of carbonyl (C=O) groups excluding carboxylic acids is 1. The Morgan fingerprint density at radius 2 is 1.78 bits per heavy atom. The lowest BCUT2D eigenvalue weighted by molar-refractivity contribution is -0.384. The van der Waals surface area contributed by atoms with E-state index in [0.717, 1.165) is 11.3 Å². The van der Waals surface area contributed by atoms with Crippen LogP contribution in [-0.4, -0.2) is 17.4 Å². The molecule has 0 saturated carbocycles. The molecule has 0 saturated heterocycles. The number of nitro benzene ring substituents is 1. The molecule has 0 aromatic heterocycles. The third-order valence-electron chi connectivity index (χ3n) is 3.43. The lowest BCUT2D eigenvalue weighted by Gasteiger charge is -2.13. The number of hydrogen-bond acceptors (Lipinski definition) is 4.